The lowest BCUT2D eigenvalue weighted by molar-refractivity contribution is 0.657. The fourth-order valence-corrected chi connectivity index (χ4v) is 8.91. The topological polar surface area (TPSA) is 16.4 Å². The zero-order valence-corrected chi connectivity index (χ0v) is 33.1. The van der Waals surface area contributed by atoms with E-state index in [1.807, 2.05) is 0 Å². The van der Waals surface area contributed by atoms with Gasteiger partial charge in [-0.1, -0.05) is 172 Å². The van der Waals surface area contributed by atoms with Crippen LogP contribution < -0.4 is 4.90 Å². The summed E-state index contributed by atoms with van der Waals surface area (Å²) in [6.45, 7) is 4.48. The van der Waals surface area contributed by atoms with Crippen molar-refractivity contribution in [3.05, 3.63) is 212 Å². The van der Waals surface area contributed by atoms with Crippen molar-refractivity contribution in [1.82, 2.24) is 0 Å². The highest BCUT2D eigenvalue weighted by molar-refractivity contribution is 6.23. The van der Waals surface area contributed by atoms with Gasteiger partial charge in [-0.15, -0.1) is 0 Å². The van der Waals surface area contributed by atoms with Gasteiger partial charge in [0.2, 0.25) is 0 Å². The Morgan fingerprint density at radius 2 is 0.831 bits per heavy atom. The van der Waals surface area contributed by atoms with Gasteiger partial charge in [-0.3, -0.25) is 0 Å². The van der Waals surface area contributed by atoms with Crippen LogP contribution in [0, 0.1) is 0 Å². The van der Waals surface area contributed by atoms with E-state index in [2.05, 4.69) is 225 Å². The van der Waals surface area contributed by atoms with Crippen molar-refractivity contribution < 1.29 is 4.42 Å². The molecule has 0 radical (unpaired) electrons. The molecule has 11 rings (SSSR count). The number of para-hydroxylation sites is 1. The number of hydrogen-bond donors (Lipinski definition) is 0. The zero-order valence-electron chi connectivity index (χ0n) is 33.1. The molecule has 280 valence electrons. The van der Waals surface area contributed by atoms with Crippen LogP contribution in [-0.2, 0) is 0 Å². The molecule has 0 spiro atoms. The molecule has 0 atom stereocenters. The van der Waals surface area contributed by atoms with Crippen molar-refractivity contribution in [1.29, 1.82) is 0 Å². The third kappa shape index (κ3) is 6.13. The molecule has 0 amide bonds. The largest absolute Gasteiger partial charge is 0.454 e. The Morgan fingerprint density at radius 1 is 0.356 bits per heavy atom. The van der Waals surface area contributed by atoms with Crippen LogP contribution in [-0.4, -0.2) is 0 Å². The molecule has 0 unspecified atom stereocenters. The molecule has 1 aromatic heterocycles. The molecule has 10 aromatic carbocycles. The Kier molecular flexibility index (Phi) is 8.37. The van der Waals surface area contributed by atoms with E-state index < -0.39 is 0 Å². The van der Waals surface area contributed by atoms with E-state index in [0.717, 1.165) is 39.0 Å². The summed E-state index contributed by atoms with van der Waals surface area (Å²) >= 11 is 0. The summed E-state index contributed by atoms with van der Waals surface area (Å²) in [6, 6.07) is 74.9. The molecule has 0 aliphatic rings. The highest BCUT2D eigenvalue weighted by Crippen LogP contribution is 2.47. The Labute approximate surface area is 344 Å². The number of benzene rings is 10. The van der Waals surface area contributed by atoms with Crippen LogP contribution in [0.4, 0.5) is 17.1 Å². The minimum atomic E-state index is 0.324. The molecule has 2 heteroatoms. The van der Waals surface area contributed by atoms with E-state index in [-0.39, 0.29) is 0 Å². The van der Waals surface area contributed by atoms with Crippen molar-refractivity contribution in [2.75, 3.05) is 4.90 Å². The lowest BCUT2D eigenvalue weighted by atomic mass is 9.96. The fourth-order valence-electron chi connectivity index (χ4n) is 8.91. The predicted octanol–water partition coefficient (Wildman–Crippen LogP) is 16.6. The number of hydrogen-bond acceptors (Lipinski definition) is 2. The molecule has 0 fully saturated rings. The molecule has 11 aromatic rings. The highest BCUT2D eigenvalue weighted by Gasteiger charge is 2.23. The van der Waals surface area contributed by atoms with E-state index in [0.29, 0.717) is 5.92 Å². The number of fused-ring (bicyclic) bond motifs is 7. The van der Waals surface area contributed by atoms with E-state index in [1.165, 1.54) is 71.3 Å². The van der Waals surface area contributed by atoms with Crippen molar-refractivity contribution >= 4 is 71.3 Å². The average Bonchev–Trinajstić information content (AvgIpc) is 3.70. The smallest absolute Gasteiger partial charge is 0.160 e. The highest BCUT2D eigenvalue weighted by atomic mass is 16.3. The molecule has 0 aliphatic carbocycles. The van der Waals surface area contributed by atoms with E-state index in [1.54, 1.807) is 0 Å². The van der Waals surface area contributed by atoms with Gasteiger partial charge in [0, 0.05) is 22.1 Å². The second-order valence-corrected chi connectivity index (χ2v) is 15.9. The first-order chi connectivity index (χ1) is 29.1. The standard InChI is InChI=1S/C57H41NO/c1-37(2)51-17-10-18-53-55-52-16-9-8-15-48(52)36-54(57(55)59-56(51)53)58(49-29-25-40(26-30-49)38-11-4-3-5-12-38)50-31-27-41(28-32-50)43-21-22-46-35-47(24-23-45(46)34-43)44-20-19-39-13-6-7-14-42(39)33-44/h3-37H,1-2H3. The van der Waals surface area contributed by atoms with Crippen LogP contribution in [0.15, 0.2) is 211 Å². The van der Waals surface area contributed by atoms with Crippen LogP contribution in [0.2, 0.25) is 0 Å². The summed E-state index contributed by atoms with van der Waals surface area (Å²) in [5.74, 6) is 0.324. The maximum atomic E-state index is 7.05. The maximum Gasteiger partial charge on any atom is 0.160 e. The lowest BCUT2D eigenvalue weighted by Crippen LogP contribution is -2.10. The van der Waals surface area contributed by atoms with Crippen molar-refractivity contribution in [2.24, 2.45) is 0 Å². The molecule has 0 N–H and O–H groups in total. The number of rotatable bonds is 7. The second-order valence-electron chi connectivity index (χ2n) is 15.9. The van der Waals surface area contributed by atoms with Gasteiger partial charge in [0.05, 0.1) is 5.69 Å². The van der Waals surface area contributed by atoms with Crippen LogP contribution in [0.25, 0.3) is 87.6 Å². The molecule has 0 bridgehead atoms. The molecule has 59 heavy (non-hydrogen) atoms. The summed E-state index contributed by atoms with van der Waals surface area (Å²) < 4.78 is 7.05. The van der Waals surface area contributed by atoms with Gasteiger partial charge >= 0.3 is 0 Å². The van der Waals surface area contributed by atoms with Gasteiger partial charge < -0.3 is 9.32 Å². The van der Waals surface area contributed by atoms with Crippen LogP contribution in [0.3, 0.4) is 0 Å². The minimum Gasteiger partial charge on any atom is -0.454 e. The van der Waals surface area contributed by atoms with Crippen molar-refractivity contribution in [2.45, 2.75) is 19.8 Å². The molecule has 0 saturated heterocycles. The molecule has 1 heterocycles. The van der Waals surface area contributed by atoms with Crippen LogP contribution in [0.1, 0.15) is 25.3 Å². The van der Waals surface area contributed by atoms with Crippen molar-refractivity contribution in [3.63, 3.8) is 0 Å². The molecular weight excluding hydrogens is 715 g/mol. The normalized spacial score (nSPS) is 11.7. The first-order valence-corrected chi connectivity index (χ1v) is 20.5. The van der Waals surface area contributed by atoms with E-state index in [4.69, 9.17) is 4.42 Å². The number of anilines is 3. The molecule has 2 nitrogen and oxygen atoms in total. The van der Waals surface area contributed by atoms with Gasteiger partial charge in [-0.2, -0.15) is 0 Å². The van der Waals surface area contributed by atoms with Gasteiger partial charge in [0.15, 0.2) is 5.58 Å². The summed E-state index contributed by atoms with van der Waals surface area (Å²) in [5, 5.41) is 9.65. The Hall–Kier alpha value is -7.42. The number of furan rings is 1. The van der Waals surface area contributed by atoms with Crippen LogP contribution in [0.5, 0.6) is 0 Å². The third-order valence-corrected chi connectivity index (χ3v) is 12.0. The van der Waals surface area contributed by atoms with Crippen LogP contribution >= 0.6 is 0 Å². The van der Waals surface area contributed by atoms with E-state index in [9.17, 15) is 0 Å². The number of nitrogens with zero attached hydrogens (tertiary/aromatic N) is 1. The van der Waals surface area contributed by atoms with E-state index >= 15 is 0 Å². The maximum absolute atomic E-state index is 7.05. The second kappa shape index (κ2) is 14.2. The quantitative estimate of drug-likeness (QED) is 0.161. The van der Waals surface area contributed by atoms with Gasteiger partial charge in [0.25, 0.3) is 0 Å². The Bertz CT molecular complexity index is 3340. The SMILES string of the molecule is CC(C)c1cccc2c1oc1c(N(c3ccc(-c4ccccc4)cc3)c3ccc(-c4ccc5cc(-c6ccc7ccccc7c6)ccc5c4)cc3)cc3ccccc3c12. The summed E-state index contributed by atoms with van der Waals surface area (Å²) in [5.41, 5.74) is 13.4. The summed E-state index contributed by atoms with van der Waals surface area (Å²) in [6.07, 6.45) is 0. The monoisotopic (exact) mass is 755 g/mol. The summed E-state index contributed by atoms with van der Waals surface area (Å²) in [7, 11) is 0. The van der Waals surface area contributed by atoms with Crippen molar-refractivity contribution in [3.8, 4) is 33.4 Å². The van der Waals surface area contributed by atoms with Gasteiger partial charge in [-0.25, -0.2) is 0 Å². The van der Waals surface area contributed by atoms with Gasteiger partial charge in [-0.05, 0) is 126 Å². The molecule has 0 saturated carbocycles. The molecule has 0 aliphatic heterocycles. The Balaban J connectivity index is 1.03. The summed E-state index contributed by atoms with van der Waals surface area (Å²) in [4.78, 5) is 2.36. The minimum absolute atomic E-state index is 0.324. The fraction of sp³-hybridized carbons (Fsp3) is 0.0526. The first kappa shape index (κ1) is 34.8. The third-order valence-electron chi connectivity index (χ3n) is 12.0. The predicted molar refractivity (Wildman–Crippen MR) is 251 cm³/mol. The van der Waals surface area contributed by atoms with Gasteiger partial charge in [0.1, 0.15) is 5.58 Å². The first-order valence-electron chi connectivity index (χ1n) is 20.5. The average molecular weight is 756 g/mol. The zero-order chi connectivity index (χ0) is 39.5. The lowest BCUT2D eigenvalue weighted by Gasteiger charge is -2.26. The molecular formula is C57H41NO. The Morgan fingerprint density at radius 3 is 1.47 bits per heavy atom.